The molecule has 0 aliphatic rings. The Morgan fingerprint density at radius 1 is 0.386 bits per heavy atom. The van der Waals surface area contributed by atoms with Gasteiger partial charge >= 0.3 is 25.7 Å². The zero-order chi connectivity index (χ0) is 51.3. The number of unbranched alkanes of at least 4 members (excludes halogenated alkanes) is 44. The molecule has 70 heavy (non-hydrogen) atoms. The van der Waals surface area contributed by atoms with Gasteiger partial charge in [0.05, 0.1) is 13.2 Å². The first-order valence-corrected chi connectivity index (χ1v) is 31.6. The Hall–Kier alpha value is -1.52. The molecule has 0 rings (SSSR count). The Labute approximate surface area is 431 Å². The molecule has 0 aliphatic carbocycles. The van der Waals surface area contributed by atoms with Crippen LogP contribution >= 0.6 is 7.82 Å². The Bertz CT molecular complexity index is 1190. The predicted octanol–water partition coefficient (Wildman–Crippen LogP) is 17.8. The van der Waals surface area contributed by atoms with E-state index in [0.29, 0.717) is 12.8 Å². The average Bonchev–Trinajstić information content (AvgIpc) is 3.34. The van der Waals surface area contributed by atoms with Gasteiger partial charge in [-0.2, -0.15) is 0 Å². The summed E-state index contributed by atoms with van der Waals surface area (Å²) in [5, 5.41) is 8.95. The first-order chi connectivity index (χ1) is 34.1. The first-order valence-electron chi connectivity index (χ1n) is 30.1. The van der Waals surface area contributed by atoms with E-state index in [-0.39, 0.29) is 19.4 Å². The van der Waals surface area contributed by atoms with Gasteiger partial charge in [0, 0.05) is 12.8 Å². The van der Waals surface area contributed by atoms with Crippen LogP contribution in [0.4, 0.5) is 0 Å². The van der Waals surface area contributed by atoms with Gasteiger partial charge in [0.25, 0.3) is 0 Å². The minimum absolute atomic E-state index is 0.171. The maximum absolute atomic E-state index is 12.8. The molecule has 11 nitrogen and oxygen atoms in total. The third-order valence-electron chi connectivity index (χ3n) is 13.9. The van der Waals surface area contributed by atoms with Crippen LogP contribution in [0.2, 0.25) is 0 Å². The highest BCUT2D eigenvalue weighted by atomic mass is 31.2. The topological polar surface area (TPSA) is 172 Å². The number of hydrogen-bond acceptors (Lipinski definition) is 9. The summed E-state index contributed by atoms with van der Waals surface area (Å²) in [5.41, 5.74) is 5.37. The lowest BCUT2D eigenvalue weighted by Gasteiger charge is -2.20. The minimum atomic E-state index is -4.72. The highest BCUT2D eigenvalue weighted by Crippen LogP contribution is 2.43. The van der Waals surface area contributed by atoms with Gasteiger partial charge < -0.3 is 25.2 Å². The molecule has 0 saturated carbocycles. The normalized spacial score (nSPS) is 13.3. The smallest absolute Gasteiger partial charge is 0.472 e. The van der Waals surface area contributed by atoms with Gasteiger partial charge in [-0.1, -0.05) is 296 Å². The fraction of sp³-hybridized carbons (Fsp3) is 0.948. The number of nitrogens with two attached hydrogens (primary N) is 1. The van der Waals surface area contributed by atoms with Gasteiger partial charge in [0.1, 0.15) is 12.6 Å². The molecule has 4 N–H and O–H groups in total. The van der Waals surface area contributed by atoms with E-state index in [1.807, 2.05) is 0 Å². The second-order valence-corrected chi connectivity index (χ2v) is 22.3. The first kappa shape index (κ1) is 68.5. The Balaban J connectivity index is 4.08. The van der Waals surface area contributed by atoms with Crippen LogP contribution in [-0.2, 0) is 37.5 Å². The van der Waals surface area contributed by atoms with Crippen molar-refractivity contribution in [3.8, 4) is 0 Å². The quantitative estimate of drug-likeness (QED) is 0.0301. The molecule has 0 aromatic heterocycles. The van der Waals surface area contributed by atoms with E-state index in [9.17, 15) is 23.8 Å². The summed E-state index contributed by atoms with van der Waals surface area (Å²) >= 11 is 0. The largest absolute Gasteiger partial charge is 0.480 e. The fourth-order valence-corrected chi connectivity index (χ4v) is 9.97. The number of rotatable bonds is 58. The number of esters is 2. The number of carboxylic acid groups (broad SMARTS) is 1. The number of aliphatic carboxylic acids is 1. The molecule has 0 aliphatic heterocycles. The summed E-state index contributed by atoms with van der Waals surface area (Å²) in [6, 6.07) is -1.52. The van der Waals surface area contributed by atoms with Crippen molar-refractivity contribution in [2.24, 2.45) is 5.73 Å². The van der Waals surface area contributed by atoms with Crippen LogP contribution < -0.4 is 5.73 Å². The monoisotopic (exact) mass is 1020 g/mol. The van der Waals surface area contributed by atoms with Crippen molar-refractivity contribution in [2.45, 2.75) is 334 Å². The standard InChI is InChI=1S/C58H114NO10P/c1-3-5-7-9-11-13-15-17-19-21-23-25-27-28-30-32-34-36-38-40-42-44-46-48-50-57(61)69-54(52-67-70(64,65)68-53-55(59)58(62)63)51-66-56(60)49-47-45-43-41-39-37-35-33-31-29-26-24-22-20-18-16-14-12-10-8-6-4-2/h54-55H,3-53,59H2,1-2H3,(H,62,63)(H,64,65). The number of phosphoric ester groups is 1. The lowest BCUT2D eigenvalue weighted by atomic mass is 10.0. The Morgan fingerprint density at radius 3 is 0.900 bits per heavy atom. The number of carboxylic acids is 1. The minimum Gasteiger partial charge on any atom is -0.480 e. The molecule has 0 spiro atoms. The molecular formula is C58H114NO10P. The average molecular weight is 1020 g/mol. The summed E-state index contributed by atoms with van der Waals surface area (Å²) < 4.78 is 33.0. The lowest BCUT2D eigenvalue weighted by Crippen LogP contribution is -2.34. The molecule has 0 heterocycles. The van der Waals surface area contributed by atoms with Crippen molar-refractivity contribution in [3.05, 3.63) is 0 Å². The predicted molar refractivity (Wildman–Crippen MR) is 291 cm³/mol. The van der Waals surface area contributed by atoms with Gasteiger partial charge in [0.15, 0.2) is 6.10 Å². The van der Waals surface area contributed by atoms with Crippen LogP contribution in [0.5, 0.6) is 0 Å². The second kappa shape index (κ2) is 53.8. The maximum Gasteiger partial charge on any atom is 0.472 e. The lowest BCUT2D eigenvalue weighted by molar-refractivity contribution is -0.161. The molecule has 0 bridgehead atoms. The zero-order valence-electron chi connectivity index (χ0n) is 45.9. The Morgan fingerprint density at radius 2 is 0.629 bits per heavy atom. The summed E-state index contributed by atoms with van der Waals surface area (Å²) in [5.74, 6) is -2.34. The van der Waals surface area contributed by atoms with Gasteiger partial charge in [0.2, 0.25) is 0 Å². The third kappa shape index (κ3) is 52.8. The summed E-state index contributed by atoms with van der Waals surface area (Å²) in [6.45, 7) is 2.90. The van der Waals surface area contributed by atoms with Crippen molar-refractivity contribution < 1.29 is 47.5 Å². The van der Waals surface area contributed by atoms with Crippen LogP contribution in [0.1, 0.15) is 322 Å². The molecule has 0 saturated heterocycles. The van der Waals surface area contributed by atoms with Crippen LogP contribution in [-0.4, -0.2) is 59.9 Å². The van der Waals surface area contributed by atoms with Crippen LogP contribution in [0.3, 0.4) is 0 Å². The summed E-state index contributed by atoms with van der Waals surface area (Å²) in [4.78, 5) is 46.4. The zero-order valence-corrected chi connectivity index (χ0v) is 46.8. The fourth-order valence-electron chi connectivity index (χ4n) is 9.19. The van der Waals surface area contributed by atoms with Crippen LogP contribution in [0.25, 0.3) is 0 Å². The molecule has 0 fully saturated rings. The van der Waals surface area contributed by atoms with Crippen molar-refractivity contribution >= 4 is 25.7 Å². The van der Waals surface area contributed by atoms with E-state index >= 15 is 0 Å². The molecule has 12 heteroatoms. The van der Waals surface area contributed by atoms with E-state index < -0.39 is 51.1 Å². The van der Waals surface area contributed by atoms with E-state index in [2.05, 4.69) is 13.8 Å². The number of phosphoric acid groups is 1. The number of carbonyl (C=O) groups is 3. The van der Waals surface area contributed by atoms with E-state index in [4.69, 9.17) is 29.4 Å². The van der Waals surface area contributed by atoms with Crippen molar-refractivity contribution in [2.75, 3.05) is 19.8 Å². The van der Waals surface area contributed by atoms with E-state index in [0.717, 1.165) is 38.5 Å². The summed E-state index contributed by atoms with van der Waals surface area (Å²) in [6.07, 6.45) is 59.0. The number of carbonyl (C=O) groups excluding carboxylic acids is 2. The van der Waals surface area contributed by atoms with Crippen molar-refractivity contribution in [1.29, 1.82) is 0 Å². The van der Waals surface area contributed by atoms with E-state index in [1.54, 1.807) is 0 Å². The molecule has 0 amide bonds. The third-order valence-corrected chi connectivity index (χ3v) is 14.8. The van der Waals surface area contributed by atoms with Crippen LogP contribution in [0, 0.1) is 0 Å². The SMILES string of the molecule is CCCCCCCCCCCCCCCCCCCCCCCCCCC(=O)OC(COC(=O)CCCCCCCCCCCCCCCCCCCCCCCC)COP(=O)(O)OCC(N)C(=O)O. The number of ether oxygens (including phenoxy) is 2. The van der Waals surface area contributed by atoms with Crippen LogP contribution in [0.15, 0.2) is 0 Å². The second-order valence-electron chi connectivity index (χ2n) is 20.9. The number of hydrogen-bond donors (Lipinski definition) is 3. The molecule has 0 radical (unpaired) electrons. The molecule has 416 valence electrons. The summed E-state index contributed by atoms with van der Waals surface area (Å²) in [7, 11) is -4.72. The van der Waals surface area contributed by atoms with Gasteiger partial charge in [-0.25, -0.2) is 4.57 Å². The molecule has 3 atom stereocenters. The highest BCUT2D eigenvalue weighted by molar-refractivity contribution is 7.47. The van der Waals surface area contributed by atoms with E-state index in [1.165, 1.54) is 244 Å². The van der Waals surface area contributed by atoms with Crippen molar-refractivity contribution in [3.63, 3.8) is 0 Å². The molecule has 3 unspecified atom stereocenters. The maximum atomic E-state index is 12.8. The van der Waals surface area contributed by atoms with Crippen molar-refractivity contribution in [1.82, 2.24) is 0 Å². The molecule has 0 aromatic carbocycles. The van der Waals surface area contributed by atoms with Gasteiger partial charge in [-0.05, 0) is 12.8 Å². The van der Waals surface area contributed by atoms with Gasteiger partial charge in [-0.3, -0.25) is 23.4 Å². The highest BCUT2D eigenvalue weighted by Gasteiger charge is 2.28. The molecular weight excluding hydrogens is 902 g/mol. The molecule has 0 aromatic rings. The Kier molecular flexibility index (Phi) is 52.6. The van der Waals surface area contributed by atoms with Gasteiger partial charge in [-0.15, -0.1) is 0 Å².